The quantitative estimate of drug-likeness (QED) is 0.437. The number of rotatable bonds is 7. The third kappa shape index (κ3) is 3.40. The van der Waals surface area contributed by atoms with Crippen molar-refractivity contribution in [1.82, 2.24) is 4.90 Å². The van der Waals surface area contributed by atoms with Crippen molar-refractivity contribution in [3.8, 4) is 23.8 Å². The molecule has 2 heterocycles. The molecule has 0 saturated carbocycles. The van der Waals surface area contributed by atoms with Crippen LogP contribution < -0.4 is 14.5 Å². The molecule has 2 aliphatic heterocycles. The number of aliphatic hydroxyl groups is 1. The van der Waals surface area contributed by atoms with Gasteiger partial charge in [0.1, 0.15) is 23.3 Å². The first kappa shape index (κ1) is 24.2. The molecule has 36 heavy (non-hydrogen) atoms. The summed E-state index contributed by atoms with van der Waals surface area (Å²) in [6.07, 6.45) is 5.07. The molecule has 0 bridgehead atoms. The smallest absolute Gasteiger partial charge is 0.135 e. The number of anilines is 2. The lowest BCUT2D eigenvalue weighted by Crippen LogP contribution is -2.46. The number of terminal acetylenes is 1. The van der Waals surface area contributed by atoms with Crippen LogP contribution in [0.5, 0.6) is 11.5 Å². The summed E-state index contributed by atoms with van der Waals surface area (Å²) in [6, 6.07) is 21.0. The van der Waals surface area contributed by atoms with Crippen molar-refractivity contribution in [2.75, 3.05) is 42.5 Å². The van der Waals surface area contributed by atoms with E-state index < -0.39 is 11.8 Å². The molecule has 3 aromatic carbocycles. The fourth-order valence-corrected chi connectivity index (χ4v) is 6.08. The summed E-state index contributed by atoms with van der Waals surface area (Å²) in [5.41, 5.74) is 5.41. The van der Waals surface area contributed by atoms with Crippen molar-refractivity contribution in [3.05, 3.63) is 82.9 Å². The Kier molecular flexibility index (Phi) is 6.42. The number of ether oxygens (including phenoxy) is 1. The first-order valence-corrected chi connectivity index (χ1v) is 13.0. The lowest BCUT2D eigenvalue weighted by atomic mass is 9.74. The lowest BCUT2D eigenvalue weighted by Gasteiger charge is -2.45. The molecule has 0 saturated heterocycles. The molecule has 1 unspecified atom stereocenters. The van der Waals surface area contributed by atoms with Crippen molar-refractivity contribution in [2.24, 2.45) is 0 Å². The Hall–Kier alpha value is -3.46. The summed E-state index contributed by atoms with van der Waals surface area (Å²) in [4.78, 5) is 6.66. The van der Waals surface area contributed by atoms with Gasteiger partial charge in [-0.1, -0.05) is 42.3 Å². The van der Waals surface area contributed by atoms with Crippen LogP contribution in [0.3, 0.4) is 0 Å². The van der Waals surface area contributed by atoms with Gasteiger partial charge in [0.2, 0.25) is 0 Å². The largest absolute Gasteiger partial charge is 0.456 e. The monoisotopic (exact) mass is 481 g/mol. The Morgan fingerprint density at radius 1 is 0.833 bits per heavy atom. The molecule has 0 fully saturated rings. The van der Waals surface area contributed by atoms with Crippen LogP contribution in [-0.2, 0) is 5.54 Å². The van der Waals surface area contributed by atoms with Crippen molar-refractivity contribution in [3.63, 3.8) is 0 Å². The predicted molar refractivity (Wildman–Crippen MR) is 147 cm³/mol. The maximum absolute atomic E-state index is 11.6. The normalized spacial score (nSPS) is 17.1. The van der Waals surface area contributed by atoms with Gasteiger partial charge in [-0.2, -0.15) is 0 Å². The van der Waals surface area contributed by atoms with Gasteiger partial charge in [0.15, 0.2) is 0 Å². The van der Waals surface area contributed by atoms with E-state index in [0.29, 0.717) is 6.54 Å². The molecule has 5 nitrogen and oxygen atoms in total. The van der Waals surface area contributed by atoms with E-state index in [1.54, 1.807) is 0 Å². The summed E-state index contributed by atoms with van der Waals surface area (Å²) < 4.78 is 6.69. The molecule has 5 rings (SSSR count). The predicted octanol–water partition coefficient (Wildman–Crippen LogP) is 5.72. The summed E-state index contributed by atoms with van der Waals surface area (Å²) in [7, 11) is 0. The second-order valence-corrected chi connectivity index (χ2v) is 9.31. The minimum Gasteiger partial charge on any atom is -0.456 e. The van der Waals surface area contributed by atoms with E-state index in [9.17, 15) is 5.11 Å². The van der Waals surface area contributed by atoms with E-state index in [1.165, 1.54) is 0 Å². The average molecular weight is 482 g/mol. The average Bonchev–Trinajstić information content (AvgIpc) is 3.14. The highest BCUT2D eigenvalue weighted by Crippen LogP contribution is 2.60. The van der Waals surface area contributed by atoms with Gasteiger partial charge in [-0.15, -0.1) is 6.42 Å². The van der Waals surface area contributed by atoms with Gasteiger partial charge in [-0.3, -0.25) is 0 Å². The lowest BCUT2D eigenvalue weighted by molar-refractivity contribution is -0.0160. The van der Waals surface area contributed by atoms with E-state index in [2.05, 4.69) is 85.9 Å². The molecule has 2 aliphatic rings. The number of benzene rings is 3. The third-order valence-corrected chi connectivity index (χ3v) is 7.80. The van der Waals surface area contributed by atoms with Crippen LogP contribution in [0.2, 0.25) is 0 Å². The fourth-order valence-electron chi connectivity index (χ4n) is 6.08. The van der Waals surface area contributed by atoms with Gasteiger partial charge in [-0.05, 0) is 45.4 Å². The van der Waals surface area contributed by atoms with E-state index in [4.69, 9.17) is 11.2 Å². The van der Waals surface area contributed by atoms with Gasteiger partial charge in [0, 0.05) is 66.4 Å². The van der Waals surface area contributed by atoms with E-state index in [0.717, 1.165) is 71.3 Å². The van der Waals surface area contributed by atoms with Crippen LogP contribution in [0.25, 0.3) is 0 Å². The zero-order valence-electron chi connectivity index (χ0n) is 21.7. The van der Waals surface area contributed by atoms with E-state index in [1.807, 2.05) is 23.1 Å². The number of hydrogen-bond donors (Lipinski definition) is 1. The maximum Gasteiger partial charge on any atom is 0.135 e. The van der Waals surface area contributed by atoms with Gasteiger partial charge in [0.05, 0.1) is 6.54 Å². The second-order valence-electron chi connectivity index (χ2n) is 9.31. The zero-order chi connectivity index (χ0) is 25.4. The number of nitrogens with zero attached hydrogens (tertiary/aromatic N) is 3. The van der Waals surface area contributed by atoms with Crippen LogP contribution >= 0.6 is 0 Å². The first-order valence-electron chi connectivity index (χ1n) is 13.0. The fraction of sp³-hybridized carbons (Fsp3) is 0.355. The van der Waals surface area contributed by atoms with Crippen molar-refractivity contribution >= 4 is 11.4 Å². The van der Waals surface area contributed by atoms with E-state index in [-0.39, 0.29) is 0 Å². The topological polar surface area (TPSA) is 39.2 Å². The van der Waals surface area contributed by atoms with Gasteiger partial charge >= 0.3 is 0 Å². The van der Waals surface area contributed by atoms with Gasteiger partial charge in [-0.25, -0.2) is 4.90 Å². The minimum atomic E-state index is -0.819. The maximum atomic E-state index is 11.6. The van der Waals surface area contributed by atoms with E-state index >= 15 is 0 Å². The molecule has 3 aromatic rings. The Balaban J connectivity index is 1.83. The summed E-state index contributed by atoms with van der Waals surface area (Å²) >= 11 is 0. The van der Waals surface area contributed by atoms with Gasteiger partial charge in [0.25, 0.3) is 0 Å². The molecule has 0 aliphatic carbocycles. The van der Waals surface area contributed by atoms with Crippen molar-refractivity contribution in [2.45, 2.75) is 39.5 Å². The number of hydrogen-bond acceptors (Lipinski definition) is 5. The second kappa shape index (κ2) is 9.54. The SMILES string of the molecule is C#CCN1C(O)c2ccccc2C12c1ccc(N(CC)CC)cc1Oc1cc(N(CC)CC)ccc12. The third-order valence-electron chi connectivity index (χ3n) is 7.80. The highest BCUT2D eigenvalue weighted by atomic mass is 16.5. The molecule has 0 amide bonds. The Morgan fingerprint density at radius 3 is 1.86 bits per heavy atom. The molecule has 0 aromatic heterocycles. The Bertz CT molecular complexity index is 1240. The number of fused-ring (bicyclic) bond motifs is 6. The van der Waals surface area contributed by atoms with Crippen LogP contribution in [-0.4, -0.2) is 42.7 Å². The molecule has 5 heteroatoms. The minimum absolute atomic E-state index is 0.296. The molecule has 1 N–H and O–H groups in total. The Morgan fingerprint density at radius 2 is 1.36 bits per heavy atom. The summed E-state index contributed by atoms with van der Waals surface area (Å²) in [5.74, 6) is 4.41. The van der Waals surface area contributed by atoms with Crippen LogP contribution in [0.1, 0.15) is 56.2 Å². The Labute approximate surface area is 214 Å². The molecule has 1 spiro atoms. The standard InChI is InChI=1S/C31H35N3O2/c1-6-19-34-30(35)24-13-11-12-14-25(24)31(34)26-17-15-22(32(7-2)8-3)20-28(26)36-29-21-23(16-18-27(29)31)33(9-4)10-5/h1,11-18,20-21,30,35H,7-10,19H2,2-5H3. The molecule has 1 atom stereocenters. The molecular weight excluding hydrogens is 446 g/mol. The van der Waals surface area contributed by atoms with Crippen molar-refractivity contribution < 1.29 is 9.84 Å². The van der Waals surface area contributed by atoms with Crippen LogP contribution in [0.4, 0.5) is 11.4 Å². The zero-order valence-corrected chi connectivity index (χ0v) is 21.7. The highest BCUT2D eigenvalue weighted by Gasteiger charge is 2.56. The highest BCUT2D eigenvalue weighted by molar-refractivity contribution is 5.71. The van der Waals surface area contributed by atoms with Crippen LogP contribution in [0, 0.1) is 12.3 Å². The van der Waals surface area contributed by atoms with Crippen molar-refractivity contribution in [1.29, 1.82) is 0 Å². The summed E-state index contributed by atoms with van der Waals surface area (Å²) in [5, 5.41) is 11.6. The molecule has 0 radical (unpaired) electrons. The number of aliphatic hydroxyl groups excluding tert-OH is 1. The van der Waals surface area contributed by atoms with Crippen LogP contribution in [0.15, 0.2) is 60.7 Å². The van der Waals surface area contributed by atoms with Gasteiger partial charge < -0.3 is 19.6 Å². The first-order chi connectivity index (χ1) is 17.5. The molecule has 186 valence electrons. The molecular formula is C31H35N3O2. The summed E-state index contributed by atoms with van der Waals surface area (Å²) in [6.45, 7) is 12.6.